The van der Waals surface area contributed by atoms with Crippen LogP contribution in [0.1, 0.15) is 27.2 Å². The number of aryl methyl sites for hydroxylation is 2. The molecular formula is C12H22IN3O2. The van der Waals surface area contributed by atoms with E-state index < -0.39 is 5.60 Å². The number of hydrogen-bond donors (Lipinski definition) is 1. The van der Waals surface area contributed by atoms with Gasteiger partial charge in [0.1, 0.15) is 5.60 Å². The third-order valence-corrected chi connectivity index (χ3v) is 2.20. The Morgan fingerprint density at radius 2 is 2.11 bits per heavy atom. The minimum absolute atomic E-state index is 0. The highest BCUT2D eigenvalue weighted by Crippen LogP contribution is 2.06. The van der Waals surface area contributed by atoms with Crippen molar-refractivity contribution in [3.05, 3.63) is 18.5 Å². The molecule has 6 heteroatoms. The number of amides is 1. The second-order valence-corrected chi connectivity index (χ2v) is 5.01. The standard InChI is InChI=1S/C12H21N3O2.HI/c1-12(2,3)17-11(16)13-7-5-9-15-10-6-8-14(15)4;/h6,8,10H,5,7,9H2,1-4H3;1H. The number of aromatic nitrogens is 2. The normalized spacial score (nSPS) is 10.7. The summed E-state index contributed by atoms with van der Waals surface area (Å²) in [5.74, 6) is 0. The molecule has 0 fully saturated rings. The van der Waals surface area contributed by atoms with Crippen LogP contribution in [0, 0.1) is 0 Å². The van der Waals surface area contributed by atoms with Gasteiger partial charge >= 0.3 is 6.09 Å². The van der Waals surface area contributed by atoms with Gasteiger partial charge in [-0.05, 0) is 27.2 Å². The van der Waals surface area contributed by atoms with E-state index in [2.05, 4.69) is 10.00 Å². The van der Waals surface area contributed by atoms with Crippen LogP contribution in [0.2, 0.25) is 0 Å². The molecule has 18 heavy (non-hydrogen) atoms. The number of nitrogens with zero attached hydrogens (tertiary/aromatic N) is 2. The van der Waals surface area contributed by atoms with Crippen LogP contribution in [0.5, 0.6) is 0 Å². The minimum atomic E-state index is -0.434. The highest BCUT2D eigenvalue weighted by atomic mass is 127. The van der Waals surface area contributed by atoms with Crippen molar-refractivity contribution in [1.82, 2.24) is 10.00 Å². The van der Waals surface area contributed by atoms with Crippen molar-refractivity contribution < 1.29 is 38.2 Å². The van der Waals surface area contributed by atoms with E-state index in [1.165, 1.54) is 0 Å². The van der Waals surface area contributed by atoms with Crippen molar-refractivity contribution in [2.24, 2.45) is 7.05 Å². The number of rotatable bonds is 4. The van der Waals surface area contributed by atoms with Crippen molar-refractivity contribution in [2.75, 3.05) is 6.54 Å². The predicted octanol–water partition coefficient (Wildman–Crippen LogP) is -1.77. The minimum Gasteiger partial charge on any atom is -1.00 e. The zero-order valence-corrected chi connectivity index (χ0v) is 13.6. The van der Waals surface area contributed by atoms with E-state index in [-0.39, 0.29) is 30.1 Å². The first-order valence-electron chi connectivity index (χ1n) is 5.86. The van der Waals surface area contributed by atoms with E-state index in [9.17, 15) is 4.79 Å². The van der Waals surface area contributed by atoms with Gasteiger partial charge in [-0.25, -0.2) is 4.79 Å². The zero-order chi connectivity index (χ0) is 12.9. The van der Waals surface area contributed by atoms with Gasteiger partial charge in [0, 0.05) is 12.6 Å². The predicted molar refractivity (Wildman–Crippen MR) is 64.5 cm³/mol. The van der Waals surface area contributed by atoms with Crippen LogP contribution in [-0.2, 0) is 18.3 Å². The van der Waals surface area contributed by atoms with Gasteiger partial charge in [-0.1, -0.05) is 0 Å². The zero-order valence-electron chi connectivity index (χ0n) is 11.4. The fraction of sp³-hybridized carbons (Fsp3) is 0.667. The topological polar surface area (TPSA) is 47.1 Å². The Labute approximate surface area is 126 Å². The van der Waals surface area contributed by atoms with E-state index in [0.29, 0.717) is 6.54 Å². The second-order valence-electron chi connectivity index (χ2n) is 5.01. The number of carbonyl (C=O) groups excluding carboxylic acids is 1. The molecule has 0 aliphatic rings. The lowest BCUT2D eigenvalue weighted by atomic mass is 10.2. The molecule has 0 aliphatic heterocycles. The van der Waals surface area contributed by atoms with Crippen LogP contribution < -0.4 is 34.0 Å². The van der Waals surface area contributed by atoms with Crippen molar-refractivity contribution in [3.63, 3.8) is 0 Å². The van der Waals surface area contributed by atoms with Gasteiger partial charge < -0.3 is 34.0 Å². The maximum Gasteiger partial charge on any atom is 0.407 e. The van der Waals surface area contributed by atoms with Gasteiger partial charge in [-0.2, -0.15) is 4.68 Å². The van der Waals surface area contributed by atoms with Crippen molar-refractivity contribution in [2.45, 2.75) is 39.3 Å². The lowest BCUT2D eigenvalue weighted by Gasteiger charge is -2.19. The highest BCUT2D eigenvalue weighted by molar-refractivity contribution is 5.67. The number of ether oxygens (including phenoxy) is 1. The Bertz CT molecular complexity index is 372. The summed E-state index contributed by atoms with van der Waals surface area (Å²) in [6.45, 7) is 7.05. The Morgan fingerprint density at radius 3 is 2.61 bits per heavy atom. The SMILES string of the molecule is C[n+]1cccn1CCCNC(=O)OC(C)(C)C.[I-]. The quantitative estimate of drug-likeness (QED) is 0.389. The molecule has 0 aliphatic carbocycles. The van der Waals surface area contributed by atoms with E-state index in [1.54, 1.807) is 0 Å². The molecule has 0 aromatic carbocycles. The Morgan fingerprint density at radius 1 is 1.44 bits per heavy atom. The summed E-state index contributed by atoms with van der Waals surface area (Å²) in [6.07, 6.45) is 4.52. The molecule has 0 bridgehead atoms. The number of nitrogens with one attached hydrogen (secondary N) is 1. The van der Waals surface area contributed by atoms with Gasteiger partial charge in [0.05, 0.1) is 12.7 Å². The van der Waals surface area contributed by atoms with Gasteiger partial charge in [0.25, 0.3) is 0 Å². The number of carbonyl (C=O) groups is 1. The van der Waals surface area contributed by atoms with Crippen LogP contribution in [-0.4, -0.2) is 22.9 Å². The first-order valence-corrected chi connectivity index (χ1v) is 5.86. The second kappa shape index (κ2) is 7.60. The molecule has 1 rings (SSSR count). The number of halogens is 1. The molecule has 1 aromatic heterocycles. The molecule has 0 radical (unpaired) electrons. The third kappa shape index (κ3) is 6.83. The molecule has 5 nitrogen and oxygen atoms in total. The van der Waals surface area contributed by atoms with Crippen LogP contribution in [0.4, 0.5) is 4.79 Å². The average Bonchev–Trinajstić information content (AvgIpc) is 2.56. The van der Waals surface area contributed by atoms with Gasteiger partial charge in [-0.15, -0.1) is 4.68 Å². The summed E-state index contributed by atoms with van der Waals surface area (Å²) < 4.78 is 9.22. The van der Waals surface area contributed by atoms with Gasteiger partial charge in [0.2, 0.25) is 0 Å². The Hall–Kier alpha value is -0.790. The smallest absolute Gasteiger partial charge is 0.407 e. The summed E-state index contributed by atoms with van der Waals surface area (Å²) in [7, 11) is 1.99. The molecule has 1 aromatic rings. The fourth-order valence-corrected chi connectivity index (χ4v) is 1.43. The van der Waals surface area contributed by atoms with Gasteiger partial charge in [-0.3, -0.25) is 0 Å². The average molecular weight is 367 g/mol. The van der Waals surface area contributed by atoms with E-state index in [4.69, 9.17) is 4.74 Å². The number of alkyl carbamates (subject to hydrolysis) is 1. The summed E-state index contributed by atoms with van der Waals surface area (Å²) in [4.78, 5) is 11.3. The van der Waals surface area contributed by atoms with Crippen molar-refractivity contribution in [1.29, 1.82) is 0 Å². The van der Waals surface area contributed by atoms with Crippen LogP contribution in [0.15, 0.2) is 18.5 Å². The molecule has 0 saturated carbocycles. The lowest BCUT2D eigenvalue weighted by molar-refractivity contribution is -0.753. The van der Waals surface area contributed by atoms with E-state index in [1.807, 2.05) is 51.0 Å². The molecule has 0 unspecified atom stereocenters. The van der Waals surface area contributed by atoms with E-state index >= 15 is 0 Å². The van der Waals surface area contributed by atoms with Crippen LogP contribution in [0.3, 0.4) is 0 Å². The van der Waals surface area contributed by atoms with Gasteiger partial charge in [0.15, 0.2) is 13.2 Å². The molecular weight excluding hydrogens is 345 g/mol. The summed E-state index contributed by atoms with van der Waals surface area (Å²) in [5.41, 5.74) is -0.434. The molecule has 0 atom stereocenters. The van der Waals surface area contributed by atoms with E-state index in [0.717, 1.165) is 13.0 Å². The summed E-state index contributed by atoms with van der Waals surface area (Å²) >= 11 is 0. The Balaban J connectivity index is 0.00000289. The Kier molecular flexibility index (Phi) is 7.27. The molecule has 0 spiro atoms. The van der Waals surface area contributed by atoms with Crippen molar-refractivity contribution in [3.8, 4) is 0 Å². The fourth-order valence-electron chi connectivity index (χ4n) is 1.43. The molecule has 104 valence electrons. The molecule has 1 N–H and O–H groups in total. The highest BCUT2D eigenvalue weighted by Gasteiger charge is 2.15. The maximum atomic E-state index is 11.3. The number of hydrogen-bond acceptors (Lipinski definition) is 2. The van der Waals surface area contributed by atoms with Crippen LogP contribution in [0.25, 0.3) is 0 Å². The first kappa shape index (κ1) is 17.2. The van der Waals surface area contributed by atoms with Crippen LogP contribution >= 0.6 is 0 Å². The molecule has 0 saturated heterocycles. The summed E-state index contributed by atoms with van der Waals surface area (Å²) in [6, 6.07) is 1.99. The largest absolute Gasteiger partial charge is 1.00 e. The first-order chi connectivity index (χ1) is 7.88. The lowest BCUT2D eigenvalue weighted by Crippen LogP contribution is -3.00. The molecule has 1 amide bonds. The third-order valence-electron chi connectivity index (χ3n) is 2.20. The summed E-state index contributed by atoms with van der Waals surface area (Å²) in [5, 5.41) is 2.74. The maximum absolute atomic E-state index is 11.3. The molecule has 1 heterocycles. The van der Waals surface area contributed by atoms with Crippen molar-refractivity contribution >= 4 is 6.09 Å². The monoisotopic (exact) mass is 367 g/mol.